The van der Waals surface area contributed by atoms with Crippen molar-refractivity contribution in [2.24, 2.45) is 0 Å². The van der Waals surface area contributed by atoms with Crippen LogP contribution in [0.3, 0.4) is 0 Å². The van der Waals surface area contributed by atoms with Gasteiger partial charge in [0, 0.05) is 26.4 Å². The van der Waals surface area contributed by atoms with Crippen LogP contribution < -0.4 is 0 Å². The Kier molecular flexibility index (Phi) is 6.33. The molecule has 8 heteroatoms. The lowest BCUT2D eigenvalue weighted by atomic mass is 10.2. The topological polar surface area (TPSA) is 96.6 Å². The molecule has 0 radical (unpaired) electrons. The number of amides is 1. The number of nitrogens with zero attached hydrogens (tertiary/aromatic N) is 3. The molecule has 0 aromatic carbocycles. The van der Waals surface area contributed by atoms with Crippen LogP contribution in [0, 0.1) is 10.1 Å². The van der Waals surface area contributed by atoms with Crippen LogP contribution in [0.4, 0.5) is 5.69 Å². The summed E-state index contributed by atoms with van der Waals surface area (Å²) in [6.45, 7) is 0.568. The maximum atomic E-state index is 12.2. The first kappa shape index (κ1) is 16.3. The first-order chi connectivity index (χ1) is 9.49. The van der Waals surface area contributed by atoms with Crippen molar-refractivity contribution in [3.63, 3.8) is 0 Å². The maximum absolute atomic E-state index is 12.2. The van der Waals surface area contributed by atoms with Crippen molar-refractivity contribution in [3.05, 3.63) is 33.1 Å². The van der Waals surface area contributed by atoms with Crippen LogP contribution in [0.15, 0.2) is 12.3 Å². The van der Waals surface area contributed by atoms with Gasteiger partial charge in [-0.15, -0.1) is 0 Å². The van der Waals surface area contributed by atoms with Gasteiger partial charge < -0.3 is 10.0 Å². The molecule has 0 aliphatic carbocycles. The quantitative estimate of drug-likeness (QED) is 0.359. The molecule has 0 atom stereocenters. The summed E-state index contributed by atoms with van der Waals surface area (Å²) in [7, 11) is 1.57. The highest BCUT2D eigenvalue weighted by molar-refractivity contribution is 6.32. The zero-order valence-corrected chi connectivity index (χ0v) is 11.8. The van der Waals surface area contributed by atoms with Crippen LogP contribution in [0.2, 0.25) is 5.15 Å². The first-order valence-corrected chi connectivity index (χ1v) is 6.52. The molecule has 0 saturated heterocycles. The lowest BCUT2D eigenvalue weighted by Gasteiger charge is -2.17. The van der Waals surface area contributed by atoms with Gasteiger partial charge in [0.05, 0.1) is 4.92 Å². The number of aliphatic hydroxyl groups is 1. The molecule has 0 fully saturated rings. The molecule has 110 valence electrons. The number of nitro groups is 1. The van der Waals surface area contributed by atoms with Gasteiger partial charge in [0.2, 0.25) is 5.15 Å². The lowest BCUT2D eigenvalue weighted by molar-refractivity contribution is -0.385. The normalized spacial score (nSPS) is 10.3. The molecule has 20 heavy (non-hydrogen) atoms. The minimum atomic E-state index is -0.706. The summed E-state index contributed by atoms with van der Waals surface area (Å²) in [6, 6.07) is 1.29. The van der Waals surface area contributed by atoms with E-state index < -0.39 is 16.5 Å². The van der Waals surface area contributed by atoms with Crippen LogP contribution in [-0.2, 0) is 0 Å². The Hall–Kier alpha value is -1.73. The number of hydrogen-bond acceptors (Lipinski definition) is 5. The Labute approximate surface area is 121 Å². The third-order valence-electron chi connectivity index (χ3n) is 2.79. The predicted molar refractivity (Wildman–Crippen MR) is 73.8 cm³/mol. The highest BCUT2D eigenvalue weighted by Crippen LogP contribution is 2.26. The standard InChI is InChI=1S/C12H16ClN3O4/c1-15(7-3-2-4-8-17)12(18)9-5-6-14-11(13)10(9)16(19)20/h5-6,17H,2-4,7-8H2,1H3. The Bertz CT molecular complexity index is 496. The van der Waals surface area contributed by atoms with Gasteiger partial charge in [0.15, 0.2) is 0 Å². The van der Waals surface area contributed by atoms with Crippen molar-refractivity contribution in [3.8, 4) is 0 Å². The van der Waals surface area contributed by atoms with Crippen LogP contribution >= 0.6 is 11.6 Å². The van der Waals surface area contributed by atoms with Crippen molar-refractivity contribution < 1.29 is 14.8 Å². The summed E-state index contributed by atoms with van der Waals surface area (Å²) in [5, 5.41) is 19.3. The summed E-state index contributed by atoms with van der Waals surface area (Å²) in [5.41, 5.74) is -0.541. The highest BCUT2D eigenvalue weighted by Gasteiger charge is 2.26. The minimum Gasteiger partial charge on any atom is -0.396 e. The molecular formula is C12H16ClN3O4. The van der Waals surface area contributed by atoms with E-state index in [1.807, 2.05) is 0 Å². The third-order valence-corrected chi connectivity index (χ3v) is 3.07. The second-order valence-electron chi connectivity index (χ2n) is 4.27. The zero-order valence-electron chi connectivity index (χ0n) is 11.1. The molecule has 7 nitrogen and oxygen atoms in total. The summed E-state index contributed by atoms with van der Waals surface area (Å²) in [6.07, 6.45) is 3.44. The number of pyridine rings is 1. The SMILES string of the molecule is CN(CCCCCO)C(=O)c1ccnc(Cl)c1[N+](=O)[O-]. The van der Waals surface area contributed by atoms with Gasteiger partial charge in [0.25, 0.3) is 5.91 Å². The number of aromatic nitrogens is 1. The number of halogens is 1. The average Bonchev–Trinajstić information content (AvgIpc) is 2.41. The Morgan fingerprint density at radius 1 is 1.50 bits per heavy atom. The molecule has 1 heterocycles. The van der Waals surface area contributed by atoms with Gasteiger partial charge >= 0.3 is 5.69 Å². The van der Waals surface area contributed by atoms with E-state index in [9.17, 15) is 14.9 Å². The molecule has 0 aliphatic heterocycles. The minimum absolute atomic E-state index is 0.0698. The van der Waals surface area contributed by atoms with Crippen molar-refractivity contribution in [1.82, 2.24) is 9.88 Å². The first-order valence-electron chi connectivity index (χ1n) is 6.14. The summed E-state index contributed by atoms with van der Waals surface area (Å²) >= 11 is 5.67. The molecule has 1 N–H and O–H groups in total. The number of carbonyl (C=O) groups is 1. The van der Waals surface area contributed by atoms with E-state index in [0.29, 0.717) is 13.0 Å². The third kappa shape index (κ3) is 4.14. The Morgan fingerprint density at radius 3 is 2.80 bits per heavy atom. The molecule has 1 aromatic heterocycles. The number of rotatable bonds is 7. The molecule has 0 bridgehead atoms. The molecule has 0 spiro atoms. The van der Waals surface area contributed by atoms with Crippen LogP contribution in [0.1, 0.15) is 29.6 Å². The molecule has 0 aliphatic rings. The van der Waals surface area contributed by atoms with Crippen molar-refractivity contribution in [2.45, 2.75) is 19.3 Å². The molecule has 1 amide bonds. The Balaban J connectivity index is 2.81. The van der Waals surface area contributed by atoms with Crippen molar-refractivity contribution >= 4 is 23.2 Å². The van der Waals surface area contributed by atoms with Gasteiger partial charge in [-0.25, -0.2) is 4.98 Å². The highest BCUT2D eigenvalue weighted by atomic mass is 35.5. The second kappa shape index (κ2) is 7.76. The lowest BCUT2D eigenvalue weighted by Crippen LogP contribution is -2.28. The molecule has 1 aromatic rings. The number of hydrogen-bond donors (Lipinski definition) is 1. The summed E-state index contributed by atoms with van der Waals surface area (Å²) in [4.78, 5) is 27.4. The van der Waals surface area contributed by atoms with E-state index in [4.69, 9.17) is 16.7 Å². The summed E-state index contributed by atoms with van der Waals surface area (Å²) < 4.78 is 0. The van der Waals surface area contributed by atoms with Crippen LogP contribution in [0.5, 0.6) is 0 Å². The van der Waals surface area contributed by atoms with Gasteiger partial charge in [-0.1, -0.05) is 11.6 Å². The molecule has 0 unspecified atom stereocenters. The predicted octanol–water partition coefficient (Wildman–Crippen LogP) is 1.88. The number of unbranched alkanes of at least 4 members (excludes halogenated alkanes) is 2. The summed E-state index contributed by atoms with van der Waals surface area (Å²) in [5.74, 6) is -0.468. The molecule has 0 saturated carbocycles. The van der Waals surface area contributed by atoms with Gasteiger partial charge in [0.1, 0.15) is 5.56 Å². The number of aliphatic hydroxyl groups excluding tert-OH is 1. The smallest absolute Gasteiger partial charge is 0.319 e. The maximum Gasteiger partial charge on any atom is 0.319 e. The van der Waals surface area contributed by atoms with E-state index in [1.54, 1.807) is 7.05 Å². The zero-order chi connectivity index (χ0) is 15.1. The van der Waals surface area contributed by atoms with Crippen LogP contribution in [-0.4, -0.2) is 46.0 Å². The number of carbonyl (C=O) groups excluding carboxylic acids is 1. The van der Waals surface area contributed by atoms with Crippen molar-refractivity contribution in [2.75, 3.05) is 20.2 Å². The molecular weight excluding hydrogens is 286 g/mol. The van der Waals surface area contributed by atoms with E-state index in [-0.39, 0.29) is 17.3 Å². The fourth-order valence-corrected chi connectivity index (χ4v) is 1.95. The largest absolute Gasteiger partial charge is 0.396 e. The van der Waals surface area contributed by atoms with Gasteiger partial charge in [-0.2, -0.15) is 0 Å². The average molecular weight is 302 g/mol. The van der Waals surface area contributed by atoms with E-state index in [1.165, 1.54) is 17.2 Å². The molecule has 1 rings (SSSR count). The fraction of sp³-hybridized carbons (Fsp3) is 0.500. The second-order valence-corrected chi connectivity index (χ2v) is 4.62. The fourth-order valence-electron chi connectivity index (χ4n) is 1.72. The van der Waals surface area contributed by atoms with Crippen molar-refractivity contribution in [1.29, 1.82) is 0 Å². The van der Waals surface area contributed by atoms with E-state index in [2.05, 4.69) is 4.98 Å². The monoisotopic (exact) mass is 301 g/mol. The van der Waals surface area contributed by atoms with Crippen LogP contribution in [0.25, 0.3) is 0 Å². The van der Waals surface area contributed by atoms with E-state index in [0.717, 1.165) is 12.8 Å². The Morgan fingerprint density at radius 2 is 2.20 bits per heavy atom. The van der Waals surface area contributed by atoms with Gasteiger partial charge in [-0.05, 0) is 25.3 Å². The van der Waals surface area contributed by atoms with Gasteiger partial charge in [-0.3, -0.25) is 14.9 Å². The van der Waals surface area contributed by atoms with E-state index >= 15 is 0 Å².